The van der Waals surface area contributed by atoms with Gasteiger partial charge in [0.25, 0.3) is 5.91 Å². The quantitative estimate of drug-likeness (QED) is 0.651. The van der Waals surface area contributed by atoms with E-state index in [1.165, 1.54) is 0 Å². The van der Waals surface area contributed by atoms with Crippen LogP contribution >= 0.6 is 0 Å². The Morgan fingerprint density at radius 3 is 2.14 bits per heavy atom. The zero-order chi connectivity index (χ0) is 20.7. The topological polar surface area (TPSA) is 52.9 Å². The van der Waals surface area contributed by atoms with Gasteiger partial charge in [0.05, 0.1) is 26.8 Å². The average molecular weight is 394 g/mol. The van der Waals surface area contributed by atoms with Crippen molar-refractivity contribution in [3.63, 3.8) is 0 Å². The summed E-state index contributed by atoms with van der Waals surface area (Å²) in [6.45, 7) is 5.52. The van der Waals surface area contributed by atoms with Crippen molar-refractivity contribution < 1.29 is 19.0 Å². The molecule has 2 heterocycles. The molecule has 0 unspecified atom stereocenters. The zero-order valence-electron chi connectivity index (χ0n) is 17.5. The van der Waals surface area contributed by atoms with Crippen molar-refractivity contribution >= 4 is 16.8 Å². The molecule has 152 valence electrons. The van der Waals surface area contributed by atoms with Crippen molar-refractivity contribution in [2.24, 2.45) is 0 Å². The number of benzene rings is 2. The van der Waals surface area contributed by atoms with E-state index in [-0.39, 0.29) is 11.9 Å². The van der Waals surface area contributed by atoms with Gasteiger partial charge in [-0.05, 0) is 37.6 Å². The van der Waals surface area contributed by atoms with E-state index in [4.69, 9.17) is 14.2 Å². The maximum Gasteiger partial charge on any atom is 0.271 e. The third-order valence-electron chi connectivity index (χ3n) is 5.60. The van der Waals surface area contributed by atoms with Crippen molar-refractivity contribution in [2.45, 2.75) is 26.4 Å². The first-order chi connectivity index (χ1) is 14.0. The van der Waals surface area contributed by atoms with Gasteiger partial charge < -0.3 is 23.7 Å². The van der Waals surface area contributed by atoms with E-state index in [9.17, 15) is 4.79 Å². The van der Waals surface area contributed by atoms with Crippen LogP contribution in [-0.2, 0) is 6.54 Å². The van der Waals surface area contributed by atoms with Crippen LogP contribution in [0.3, 0.4) is 0 Å². The Morgan fingerprint density at radius 2 is 1.55 bits per heavy atom. The van der Waals surface area contributed by atoms with Gasteiger partial charge in [-0.2, -0.15) is 0 Å². The summed E-state index contributed by atoms with van der Waals surface area (Å²) in [5, 5.41) is 0.974. The Kier molecular flexibility index (Phi) is 4.86. The Bertz CT molecular complexity index is 1070. The lowest BCUT2D eigenvalue weighted by Crippen LogP contribution is -2.44. The van der Waals surface area contributed by atoms with Crippen LogP contribution in [0, 0.1) is 0 Å². The highest BCUT2D eigenvalue weighted by Gasteiger charge is 2.33. The molecule has 4 rings (SSSR count). The molecule has 2 aromatic carbocycles. The van der Waals surface area contributed by atoms with Crippen molar-refractivity contribution in [2.75, 3.05) is 27.9 Å². The lowest BCUT2D eigenvalue weighted by Gasteiger charge is -2.32. The van der Waals surface area contributed by atoms with Crippen LogP contribution in [0.15, 0.2) is 36.4 Å². The van der Waals surface area contributed by atoms with Crippen LogP contribution in [-0.4, -0.2) is 49.3 Å². The number of rotatable bonds is 5. The number of aromatic nitrogens is 1. The predicted octanol–water partition coefficient (Wildman–Crippen LogP) is 4.20. The standard InChI is InChI=1S/C23H26N2O4/c1-14(2)24-10-11-25-18-13-20(29-5)19(28-4)12-17(18)21(22(25)23(24)26)15-6-8-16(27-3)9-7-15/h6-9,12-14H,10-11H2,1-5H3. The third kappa shape index (κ3) is 2.99. The summed E-state index contributed by atoms with van der Waals surface area (Å²) >= 11 is 0. The first-order valence-corrected chi connectivity index (χ1v) is 9.73. The van der Waals surface area contributed by atoms with Gasteiger partial charge in [-0.3, -0.25) is 4.79 Å². The molecule has 29 heavy (non-hydrogen) atoms. The summed E-state index contributed by atoms with van der Waals surface area (Å²) < 4.78 is 18.5. The van der Waals surface area contributed by atoms with Crippen molar-refractivity contribution in [3.05, 3.63) is 42.1 Å². The van der Waals surface area contributed by atoms with E-state index in [2.05, 4.69) is 18.4 Å². The second-order valence-corrected chi connectivity index (χ2v) is 7.42. The second kappa shape index (κ2) is 7.35. The van der Waals surface area contributed by atoms with Crippen molar-refractivity contribution in [1.29, 1.82) is 0 Å². The minimum atomic E-state index is 0.0474. The molecule has 1 aliphatic rings. The van der Waals surface area contributed by atoms with Gasteiger partial charge in [0.1, 0.15) is 11.4 Å². The first-order valence-electron chi connectivity index (χ1n) is 9.73. The summed E-state index contributed by atoms with van der Waals surface area (Å²) in [7, 11) is 4.89. The van der Waals surface area contributed by atoms with E-state index in [1.54, 1.807) is 21.3 Å². The minimum Gasteiger partial charge on any atom is -0.497 e. The number of fused-ring (bicyclic) bond motifs is 3. The molecule has 1 amide bonds. The van der Waals surface area contributed by atoms with Crippen LogP contribution in [0.25, 0.3) is 22.0 Å². The lowest BCUT2D eigenvalue weighted by atomic mass is 10.00. The van der Waals surface area contributed by atoms with Crippen LogP contribution in [0.1, 0.15) is 24.3 Å². The number of carbonyl (C=O) groups is 1. The van der Waals surface area contributed by atoms with E-state index >= 15 is 0 Å². The van der Waals surface area contributed by atoms with E-state index in [0.717, 1.165) is 34.3 Å². The normalized spacial score (nSPS) is 13.7. The molecule has 6 heteroatoms. The number of carbonyl (C=O) groups excluding carboxylic acids is 1. The fourth-order valence-corrected chi connectivity index (χ4v) is 4.12. The monoisotopic (exact) mass is 394 g/mol. The number of ether oxygens (including phenoxy) is 3. The average Bonchev–Trinajstić information content (AvgIpc) is 3.06. The largest absolute Gasteiger partial charge is 0.497 e. The minimum absolute atomic E-state index is 0.0474. The molecule has 0 radical (unpaired) electrons. The van der Waals surface area contributed by atoms with Crippen LogP contribution in [0.5, 0.6) is 17.2 Å². The molecular formula is C23H26N2O4. The highest BCUT2D eigenvalue weighted by molar-refractivity contribution is 6.11. The first kappa shape index (κ1) is 19.2. The highest BCUT2D eigenvalue weighted by atomic mass is 16.5. The molecule has 1 aromatic heterocycles. The van der Waals surface area contributed by atoms with Crippen molar-refractivity contribution in [3.8, 4) is 28.4 Å². The fraction of sp³-hybridized carbons (Fsp3) is 0.348. The molecule has 0 aliphatic carbocycles. The van der Waals surface area contributed by atoms with E-state index in [1.807, 2.05) is 41.3 Å². The third-order valence-corrected chi connectivity index (χ3v) is 5.60. The molecule has 6 nitrogen and oxygen atoms in total. The fourth-order valence-electron chi connectivity index (χ4n) is 4.12. The molecule has 1 aliphatic heterocycles. The number of hydrogen-bond acceptors (Lipinski definition) is 4. The van der Waals surface area contributed by atoms with Gasteiger partial charge in [-0.25, -0.2) is 0 Å². The summed E-state index contributed by atoms with van der Waals surface area (Å²) in [4.78, 5) is 15.4. The number of nitrogens with zero attached hydrogens (tertiary/aromatic N) is 2. The van der Waals surface area contributed by atoms with Crippen LogP contribution < -0.4 is 14.2 Å². The predicted molar refractivity (Wildman–Crippen MR) is 113 cm³/mol. The van der Waals surface area contributed by atoms with Crippen molar-refractivity contribution in [1.82, 2.24) is 9.47 Å². The molecule has 0 saturated heterocycles. The molecule has 0 atom stereocenters. The Balaban J connectivity index is 2.04. The van der Waals surface area contributed by atoms with Gasteiger partial charge in [0.2, 0.25) is 0 Å². The zero-order valence-corrected chi connectivity index (χ0v) is 17.5. The van der Waals surface area contributed by atoms with E-state index < -0.39 is 0 Å². The molecule has 0 fully saturated rings. The molecule has 3 aromatic rings. The summed E-state index contributed by atoms with van der Waals surface area (Å²) in [6.07, 6.45) is 0. The molecule has 0 saturated carbocycles. The molecular weight excluding hydrogens is 368 g/mol. The SMILES string of the molecule is COc1ccc(-c2c3n(c4cc(OC)c(OC)cc24)CCN(C(C)C)C3=O)cc1. The van der Waals surface area contributed by atoms with Gasteiger partial charge in [-0.15, -0.1) is 0 Å². The number of methoxy groups -OCH3 is 3. The maximum atomic E-state index is 13.5. The Morgan fingerprint density at radius 1 is 0.897 bits per heavy atom. The lowest BCUT2D eigenvalue weighted by molar-refractivity contribution is 0.0653. The Hall–Kier alpha value is -3.15. The second-order valence-electron chi connectivity index (χ2n) is 7.42. The van der Waals surface area contributed by atoms with Gasteiger partial charge >= 0.3 is 0 Å². The van der Waals surface area contributed by atoms with E-state index in [0.29, 0.717) is 23.7 Å². The Labute approximate surface area is 170 Å². The van der Waals surface area contributed by atoms with Crippen LogP contribution in [0.2, 0.25) is 0 Å². The summed E-state index contributed by atoms with van der Waals surface area (Å²) in [5.41, 5.74) is 3.57. The van der Waals surface area contributed by atoms with Crippen LogP contribution in [0.4, 0.5) is 0 Å². The molecule has 0 N–H and O–H groups in total. The highest BCUT2D eigenvalue weighted by Crippen LogP contribution is 2.42. The molecule has 0 bridgehead atoms. The molecule has 0 spiro atoms. The van der Waals surface area contributed by atoms with Gasteiger partial charge in [0.15, 0.2) is 11.5 Å². The summed E-state index contributed by atoms with van der Waals surface area (Å²) in [5.74, 6) is 2.12. The number of amides is 1. The smallest absolute Gasteiger partial charge is 0.271 e. The maximum absolute atomic E-state index is 13.5. The number of hydrogen-bond donors (Lipinski definition) is 0. The summed E-state index contributed by atoms with van der Waals surface area (Å²) in [6, 6.07) is 11.9. The van der Waals surface area contributed by atoms with Gasteiger partial charge in [0, 0.05) is 36.1 Å². The van der Waals surface area contributed by atoms with Gasteiger partial charge in [-0.1, -0.05) is 12.1 Å².